The van der Waals surface area contributed by atoms with Crippen LogP contribution < -0.4 is 15.4 Å². The zero-order chi connectivity index (χ0) is 16.3. The minimum absolute atomic E-state index is 0.139. The number of urea groups is 1. The molecule has 1 aromatic rings. The van der Waals surface area contributed by atoms with Gasteiger partial charge >= 0.3 is 12.6 Å². The van der Waals surface area contributed by atoms with Crippen molar-refractivity contribution in [1.29, 1.82) is 0 Å². The monoisotopic (exact) mass is 315 g/mol. The van der Waals surface area contributed by atoms with Gasteiger partial charge < -0.3 is 20.5 Å². The van der Waals surface area contributed by atoms with E-state index in [1.54, 1.807) is 6.07 Å². The first-order valence-corrected chi connectivity index (χ1v) is 6.90. The highest BCUT2D eigenvalue weighted by Crippen LogP contribution is 2.40. The zero-order valence-corrected chi connectivity index (χ0v) is 12.3. The average molecular weight is 315 g/mol. The fourth-order valence-corrected chi connectivity index (χ4v) is 2.43. The molecule has 2 atom stereocenters. The molecule has 1 aliphatic carbocycles. The maximum absolute atomic E-state index is 12.1. The number of nitrogens with zero attached hydrogens (tertiary/aromatic N) is 1. The Bertz CT molecular complexity index is 540. The molecule has 22 heavy (non-hydrogen) atoms. The van der Waals surface area contributed by atoms with E-state index in [0.717, 1.165) is 0 Å². The van der Waals surface area contributed by atoms with E-state index >= 15 is 0 Å². The van der Waals surface area contributed by atoms with E-state index in [2.05, 4.69) is 20.4 Å². The fraction of sp³-hybridized carbons (Fsp3) is 0.571. The predicted octanol–water partition coefficient (Wildman–Crippen LogP) is 1.64. The van der Waals surface area contributed by atoms with Crippen LogP contribution in [0.25, 0.3) is 0 Å². The Hall–Kier alpha value is -1.96. The maximum atomic E-state index is 12.1. The second-order valence-electron chi connectivity index (χ2n) is 5.95. The third kappa shape index (κ3) is 4.03. The number of ether oxygens (including phenoxy) is 1. The summed E-state index contributed by atoms with van der Waals surface area (Å²) in [5, 5.41) is 15.1. The van der Waals surface area contributed by atoms with Crippen LogP contribution in [0.3, 0.4) is 0 Å². The van der Waals surface area contributed by atoms with Gasteiger partial charge in [0, 0.05) is 18.8 Å². The molecule has 1 aromatic heterocycles. The van der Waals surface area contributed by atoms with E-state index in [4.69, 9.17) is 0 Å². The minimum atomic E-state index is -2.94. The highest BCUT2D eigenvalue weighted by atomic mass is 19.3. The number of halogens is 2. The molecule has 3 N–H and O–H groups in total. The third-order valence-corrected chi connectivity index (χ3v) is 3.71. The third-order valence-electron chi connectivity index (χ3n) is 3.71. The average Bonchev–Trinajstić information content (AvgIpc) is 2.44. The van der Waals surface area contributed by atoms with Crippen LogP contribution >= 0.6 is 0 Å². The SMILES string of the molecule is CC1(C)CC(NC(=O)NCc2ccnc(OC(F)F)c2)C1O. The van der Waals surface area contributed by atoms with Crippen molar-refractivity contribution in [2.45, 2.75) is 45.6 Å². The van der Waals surface area contributed by atoms with Crippen LogP contribution in [-0.4, -0.2) is 34.9 Å². The first kappa shape index (κ1) is 16.4. The molecule has 1 saturated carbocycles. The van der Waals surface area contributed by atoms with Crippen molar-refractivity contribution >= 4 is 6.03 Å². The lowest BCUT2D eigenvalue weighted by atomic mass is 9.65. The van der Waals surface area contributed by atoms with Crippen LogP contribution in [0.5, 0.6) is 5.88 Å². The molecule has 2 unspecified atom stereocenters. The molecular formula is C14H19F2N3O3. The lowest BCUT2D eigenvalue weighted by Gasteiger charge is -2.48. The van der Waals surface area contributed by atoms with Crippen molar-refractivity contribution in [3.8, 4) is 5.88 Å². The van der Waals surface area contributed by atoms with Crippen molar-refractivity contribution in [2.24, 2.45) is 5.41 Å². The number of hydrogen-bond donors (Lipinski definition) is 3. The lowest BCUT2D eigenvalue weighted by Crippen LogP contribution is -2.62. The smallest absolute Gasteiger partial charge is 0.388 e. The van der Waals surface area contributed by atoms with Crippen LogP contribution in [0.15, 0.2) is 18.3 Å². The number of amides is 2. The van der Waals surface area contributed by atoms with E-state index in [1.807, 2.05) is 13.8 Å². The molecule has 0 saturated heterocycles. The number of nitrogens with one attached hydrogen (secondary N) is 2. The van der Waals surface area contributed by atoms with Gasteiger partial charge in [-0.1, -0.05) is 13.8 Å². The molecule has 1 fully saturated rings. The van der Waals surface area contributed by atoms with E-state index in [0.29, 0.717) is 12.0 Å². The highest BCUT2D eigenvalue weighted by molar-refractivity contribution is 5.74. The Labute approximate surface area is 126 Å². The van der Waals surface area contributed by atoms with Gasteiger partial charge in [0.25, 0.3) is 0 Å². The molecule has 2 amide bonds. The largest absolute Gasteiger partial charge is 0.417 e. The summed E-state index contributed by atoms with van der Waals surface area (Å²) in [7, 11) is 0. The summed E-state index contributed by atoms with van der Waals surface area (Å²) in [6.45, 7) is 1.05. The molecule has 0 aromatic carbocycles. The van der Waals surface area contributed by atoms with Crippen LogP contribution in [-0.2, 0) is 6.54 Å². The van der Waals surface area contributed by atoms with Crippen LogP contribution in [0.1, 0.15) is 25.8 Å². The van der Waals surface area contributed by atoms with Crippen LogP contribution in [0.4, 0.5) is 13.6 Å². The van der Waals surface area contributed by atoms with Gasteiger partial charge in [0.05, 0.1) is 12.1 Å². The fourth-order valence-electron chi connectivity index (χ4n) is 2.43. The summed E-state index contributed by atoms with van der Waals surface area (Å²) in [5.74, 6) is -0.203. The Kier molecular flexibility index (Phi) is 4.80. The summed E-state index contributed by atoms with van der Waals surface area (Å²) < 4.78 is 28.4. The van der Waals surface area contributed by atoms with Gasteiger partial charge in [-0.25, -0.2) is 9.78 Å². The van der Waals surface area contributed by atoms with Crippen LogP contribution in [0, 0.1) is 5.41 Å². The van der Waals surface area contributed by atoms with Crippen molar-refractivity contribution in [2.75, 3.05) is 0 Å². The molecule has 0 radical (unpaired) electrons. The van der Waals surface area contributed by atoms with E-state index in [9.17, 15) is 18.7 Å². The molecular weight excluding hydrogens is 296 g/mol. The summed E-state index contributed by atoms with van der Waals surface area (Å²) in [6.07, 6.45) is 1.44. The molecule has 6 nitrogen and oxygen atoms in total. The number of aliphatic hydroxyl groups excluding tert-OH is 1. The summed E-state index contributed by atoms with van der Waals surface area (Å²) in [4.78, 5) is 15.4. The number of aromatic nitrogens is 1. The number of carbonyl (C=O) groups is 1. The Morgan fingerprint density at radius 2 is 2.32 bits per heavy atom. The Morgan fingerprint density at radius 3 is 2.91 bits per heavy atom. The molecule has 8 heteroatoms. The molecule has 1 heterocycles. The normalized spacial score (nSPS) is 22.8. The van der Waals surface area contributed by atoms with Crippen molar-refractivity contribution in [1.82, 2.24) is 15.6 Å². The van der Waals surface area contributed by atoms with Gasteiger partial charge in [-0.2, -0.15) is 8.78 Å². The predicted molar refractivity (Wildman–Crippen MR) is 74.4 cm³/mol. The van der Waals surface area contributed by atoms with Gasteiger partial charge in [-0.05, 0) is 23.5 Å². The van der Waals surface area contributed by atoms with E-state index < -0.39 is 18.7 Å². The van der Waals surface area contributed by atoms with Gasteiger partial charge in [0.2, 0.25) is 5.88 Å². The van der Waals surface area contributed by atoms with Gasteiger partial charge in [-0.15, -0.1) is 0 Å². The molecule has 0 bridgehead atoms. The highest BCUT2D eigenvalue weighted by Gasteiger charge is 2.46. The molecule has 0 aliphatic heterocycles. The first-order valence-electron chi connectivity index (χ1n) is 6.90. The molecule has 1 aliphatic rings. The number of rotatable bonds is 5. The molecule has 0 spiro atoms. The van der Waals surface area contributed by atoms with E-state index in [-0.39, 0.29) is 23.9 Å². The van der Waals surface area contributed by atoms with Crippen molar-refractivity contribution in [3.63, 3.8) is 0 Å². The van der Waals surface area contributed by atoms with Gasteiger partial charge in [0.1, 0.15) is 0 Å². The van der Waals surface area contributed by atoms with Gasteiger partial charge in [0.15, 0.2) is 0 Å². The lowest BCUT2D eigenvalue weighted by molar-refractivity contribution is -0.0684. The summed E-state index contributed by atoms with van der Waals surface area (Å²) in [5.41, 5.74) is 0.389. The summed E-state index contributed by atoms with van der Waals surface area (Å²) >= 11 is 0. The second kappa shape index (κ2) is 6.43. The summed E-state index contributed by atoms with van der Waals surface area (Å²) in [6, 6.07) is 2.21. The van der Waals surface area contributed by atoms with Crippen LogP contribution in [0.2, 0.25) is 0 Å². The molecule has 2 rings (SSSR count). The maximum Gasteiger partial charge on any atom is 0.388 e. The van der Waals surface area contributed by atoms with Crippen molar-refractivity contribution in [3.05, 3.63) is 23.9 Å². The number of aliphatic hydroxyl groups is 1. The Balaban J connectivity index is 1.79. The number of alkyl halides is 2. The number of pyridine rings is 1. The quantitative estimate of drug-likeness (QED) is 0.771. The van der Waals surface area contributed by atoms with Crippen molar-refractivity contribution < 1.29 is 23.4 Å². The second-order valence-corrected chi connectivity index (χ2v) is 5.95. The Morgan fingerprint density at radius 1 is 1.59 bits per heavy atom. The molecule has 122 valence electrons. The topological polar surface area (TPSA) is 83.5 Å². The first-order chi connectivity index (χ1) is 10.3. The van der Waals surface area contributed by atoms with Gasteiger partial charge in [-0.3, -0.25) is 0 Å². The number of carbonyl (C=O) groups excluding carboxylic acids is 1. The van der Waals surface area contributed by atoms with E-state index in [1.165, 1.54) is 12.3 Å². The zero-order valence-electron chi connectivity index (χ0n) is 12.3. The number of hydrogen-bond acceptors (Lipinski definition) is 4. The standard InChI is InChI=1S/C14H19F2N3O3/c1-14(2)6-9(11(14)20)19-13(21)18-7-8-3-4-17-10(5-8)22-12(15)16/h3-5,9,11-12,20H,6-7H2,1-2H3,(H2,18,19,21). The minimum Gasteiger partial charge on any atom is -0.417 e.